The molecule has 3 aromatic heterocycles. The first-order valence-electron chi connectivity index (χ1n) is 10.0. The van der Waals surface area contributed by atoms with Crippen molar-refractivity contribution in [2.75, 3.05) is 6.54 Å². The van der Waals surface area contributed by atoms with Crippen molar-refractivity contribution in [3.05, 3.63) is 87.8 Å². The van der Waals surface area contributed by atoms with Gasteiger partial charge < -0.3 is 14.5 Å². The summed E-state index contributed by atoms with van der Waals surface area (Å²) < 4.78 is 50.8. The third-order valence-corrected chi connectivity index (χ3v) is 5.39. The largest absolute Gasteiger partial charge is 0.489 e. The third-order valence-electron chi connectivity index (χ3n) is 5.39. The molecule has 6 nitrogen and oxygen atoms in total. The van der Waals surface area contributed by atoms with Crippen LogP contribution in [0.1, 0.15) is 22.6 Å². The van der Waals surface area contributed by atoms with Crippen LogP contribution in [0, 0.1) is 0 Å². The number of pyridine rings is 2. The molecule has 0 saturated heterocycles. The van der Waals surface area contributed by atoms with Gasteiger partial charge in [0.2, 0.25) is 0 Å². The molecular formula is C23H18F3N3O3. The number of fused-ring (bicyclic) bond motifs is 3. The maximum absolute atomic E-state index is 12.6. The van der Waals surface area contributed by atoms with E-state index in [2.05, 4.69) is 10.3 Å². The van der Waals surface area contributed by atoms with E-state index in [4.69, 9.17) is 9.15 Å². The van der Waals surface area contributed by atoms with E-state index in [0.29, 0.717) is 23.5 Å². The van der Waals surface area contributed by atoms with Crippen molar-refractivity contribution in [2.45, 2.75) is 25.7 Å². The van der Waals surface area contributed by atoms with E-state index in [1.54, 1.807) is 12.3 Å². The van der Waals surface area contributed by atoms with Crippen LogP contribution in [0.2, 0.25) is 0 Å². The molecule has 4 heterocycles. The van der Waals surface area contributed by atoms with Gasteiger partial charge >= 0.3 is 6.18 Å². The van der Waals surface area contributed by atoms with E-state index in [1.807, 2.05) is 18.2 Å². The zero-order chi connectivity index (χ0) is 22.3. The van der Waals surface area contributed by atoms with E-state index in [0.717, 1.165) is 42.0 Å². The van der Waals surface area contributed by atoms with Gasteiger partial charge in [0, 0.05) is 41.0 Å². The van der Waals surface area contributed by atoms with Crippen LogP contribution < -0.4 is 15.6 Å². The maximum atomic E-state index is 12.6. The Labute approximate surface area is 180 Å². The molecule has 0 bridgehead atoms. The van der Waals surface area contributed by atoms with Crippen LogP contribution in [0.5, 0.6) is 5.75 Å². The Hall–Kier alpha value is -3.59. The second kappa shape index (κ2) is 7.83. The summed E-state index contributed by atoms with van der Waals surface area (Å²) in [6.07, 6.45) is -0.882. The van der Waals surface area contributed by atoms with Gasteiger partial charge in [-0.25, -0.2) is 0 Å². The molecule has 0 amide bonds. The lowest BCUT2D eigenvalue weighted by atomic mass is 10.0. The molecule has 1 N–H and O–H groups in total. The SMILES string of the molecule is O=c1cc(OCc2ccc(C(F)(F)F)nc2)ccn1-c1ccc2c3c(oc2c1)CNCC3. The Morgan fingerprint density at radius 3 is 2.78 bits per heavy atom. The molecule has 0 aliphatic carbocycles. The molecule has 32 heavy (non-hydrogen) atoms. The van der Waals surface area contributed by atoms with Gasteiger partial charge in [0.15, 0.2) is 0 Å². The van der Waals surface area contributed by atoms with E-state index < -0.39 is 11.9 Å². The average molecular weight is 441 g/mol. The van der Waals surface area contributed by atoms with Crippen LogP contribution in [-0.4, -0.2) is 16.1 Å². The lowest BCUT2D eigenvalue weighted by molar-refractivity contribution is -0.141. The van der Waals surface area contributed by atoms with Gasteiger partial charge in [-0.1, -0.05) is 6.07 Å². The van der Waals surface area contributed by atoms with Crippen molar-refractivity contribution in [1.82, 2.24) is 14.9 Å². The topological polar surface area (TPSA) is 69.3 Å². The predicted octanol–water partition coefficient (Wildman–Crippen LogP) is 4.22. The molecule has 4 aromatic rings. The Morgan fingerprint density at radius 1 is 1.16 bits per heavy atom. The molecule has 1 aliphatic rings. The van der Waals surface area contributed by atoms with Crippen molar-refractivity contribution in [2.24, 2.45) is 0 Å². The third kappa shape index (κ3) is 3.87. The van der Waals surface area contributed by atoms with Crippen molar-refractivity contribution in [1.29, 1.82) is 0 Å². The summed E-state index contributed by atoms with van der Waals surface area (Å²) in [6, 6.07) is 10.8. The number of nitrogens with zero attached hydrogens (tertiary/aromatic N) is 2. The molecule has 0 fully saturated rings. The number of rotatable bonds is 4. The van der Waals surface area contributed by atoms with Crippen molar-refractivity contribution < 1.29 is 22.3 Å². The second-order valence-electron chi connectivity index (χ2n) is 7.52. The highest BCUT2D eigenvalue weighted by molar-refractivity contribution is 5.84. The van der Waals surface area contributed by atoms with Gasteiger partial charge in [0.25, 0.3) is 5.56 Å². The lowest BCUT2D eigenvalue weighted by Crippen LogP contribution is -2.22. The molecule has 0 unspecified atom stereocenters. The van der Waals surface area contributed by atoms with E-state index >= 15 is 0 Å². The van der Waals surface area contributed by atoms with Gasteiger partial charge in [-0.2, -0.15) is 13.2 Å². The normalized spacial score (nSPS) is 13.8. The minimum absolute atomic E-state index is 0.00741. The highest BCUT2D eigenvalue weighted by Crippen LogP contribution is 2.30. The van der Waals surface area contributed by atoms with Crippen LogP contribution >= 0.6 is 0 Å². The minimum Gasteiger partial charge on any atom is -0.489 e. The highest BCUT2D eigenvalue weighted by atomic mass is 19.4. The summed E-state index contributed by atoms with van der Waals surface area (Å²) in [7, 11) is 0. The summed E-state index contributed by atoms with van der Waals surface area (Å²) >= 11 is 0. The Kier molecular flexibility index (Phi) is 4.97. The minimum atomic E-state index is -4.49. The summed E-state index contributed by atoms with van der Waals surface area (Å²) in [6.45, 7) is 1.60. The molecule has 1 aromatic carbocycles. The van der Waals surface area contributed by atoms with Gasteiger partial charge in [0.05, 0.1) is 12.2 Å². The number of halogens is 3. The van der Waals surface area contributed by atoms with Crippen molar-refractivity contribution >= 4 is 11.0 Å². The summed E-state index contributed by atoms with van der Waals surface area (Å²) in [4.78, 5) is 16.0. The molecule has 0 radical (unpaired) electrons. The number of aromatic nitrogens is 2. The van der Waals surface area contributed by atoms with Gasteiger partial charge in [-0.15, -0.1) is 0 Å². The Balaban J connectivity index is 1.33. The van der Waals surface area contributed by atoms with E-state index in [1.165, 1.54) is 22.3 Å². The zero-order valence-corrected chi connectivity index (χ0v) is 16.8. The Morgan fingerprint density at radius 2 is 2.03 bits per heavy atom. The predicted molar refractivity (Wildman–Crippen MR) is 111 cm³/mol. The van der Waals surface area contributed by atoms with Crippen LogP contribution in [0.15, 0.2) is 64.1 Å². The van der Waals surface area contributed by atoms with Crippen LogP contribution in [0.25, 0.3) is 16.7 Å². The molecule has 5 rings (SSSR count). The summed E-state index contributed by atoms with van der Waals surface area (Å²) in [5.74, 6) is 1.24. The summed E-state index contributed by atoms with van der Waals surface area (Å²) in [5.41, 5.74) is 1.81. The van der Waals surface area contributed by atoms with E-state index in [-0.39, 0.29) is 12.2 Å². The van der Waals surface area contributed by atoms with Crippen molar-refractivity contribution in [3.63, 3.8) is 0 Å². The molecule has 0 atom stereocenters. The monoisotopic (exact) mass is 441 g/mol. The first-order chi connectivity index (χ1) is 15.4. The number of benzene rings is 1. The molecule has 0 spiro atoms. The molecular weight excluding hydrogens is 423 g/mol. The standard InChI is InChI=1S/C23H18F3N3O3/c24-23(25,26)21-4-1-14(11-28-21)13-31-16-6-8-29(22(30)10-16)15-2-3-17-18-5-7-27-12-20(18)32-19(17)9-15/h1-4,6,8-11,27H,5,7,12-13H2. The van der Waals surface area contributed by atoms with Crippen LogP contribution in [-0.2, 0) is 25.7 Å². The smallest absolute Gasteiger partial charge is 0.433 e. The zero-order valence-electron chi connectivity index (χ0n) is 16.8. The molecule has 164 valence electrons. The first kappa shape index (κ1) is 20.3. The van der Waals surface area contributed by atoms with Gasteiger partial charge in [-0.3, -0.25) is 14.3 Å². The quantitative estimate of drug-likeness (QED) is 0.514. The van der Waals surface area contributed by atoms with Crippen LogP contribution in [0.4, 0.5) is 13.2 Å². The molecule has 1 aliphatic heterocycles. The number of hydrogen-bond donors (Lipinski definition) is 1. The number of nitrogens with one attached hydrogen (secondary N) is 1. The highest BCUT2D eigenvalue weighted by Gasteiger charge is 2.32. The van der Waals surface area contributed by atoms with E-state index in [9.17, 15) is 18.0 Å². The molecule has 0 saturated carbocycles. The number of furan rings is 1. The fraction of sp³-hybridized carbons (Fsp3) is 0.217. The summed E-state index contributed by atoms with van der Waals surface area (Å²) in [5, 5.41) is 4.34. The lowest BCUT2D eigenvalue weighted by Gasteiger charge is -2.11. The Bertz CT molecular complexity index is 1340. The fourth-order valence-corrected chi connectivity index (χ4v) is 3.78. The van der Waals surface area contributed by atoms with Crippen LogP contribution in [0.3, 0.4) is 0 Å². The number of ether oxygens (including phenoxy) is 1. The average Bonchev–Trinajstić information content (AvgIpc) is 3.15. The maximum Gasteiger partial charge on any atom is 0.433 e. The van der Waals surface area contributed by atoms with Gasteiger partial charge in [-0.05, 0) is 37.2 Å². The number of hydrogen-bond acceptors (Lipinski definition) is 5. The van der Waals surface area contributed by atoms with Gasteiger partial charge in [0.1, 0.15) is 29.4 Å². The first-order valence-corrected chi connectivity index (χ1v) is 10.0. The number of alkyl halides is 3. The fourth-order valence-electron chi connectivity index (χ4n) is 3.78. The second-order valence-corrected chi connectivity index (χ2v) is 7.52. The van der Waals surface area contributed by atoms with Crippen molar-refractivity contribution in [3.8, 4) is 11.4 Å². The molecule has 9 heteroatoms.